The number of anilines is 1. The third kappa shape index (κ3) is 3.80. The maximum Gasteiger partial charge on any atom is 0.261 e. The van der Waals surface area contributed by atoms with Gasteiger partial charge in [0.05, 0.1) is 27.3 Å². The van der Waals surface area contributed by atoms with E-state index >= 15 is 0 Å². The highest BCUT2D eigenvalue weighted by Gasteiger charge is 2.15. The van der Waals surface area contributed by atoms with Gasteiger partial charge in [0.2, 0.25) is 0 Å². The van der Waals surface area contributed by atoms with Crippen molar-refractivity contribution >= 4 is 42.4 Å². The molecule has 6 nitrogen and oxygen atoms in total. The van der Waals surface area contributed by atoms with Gasteiger partial charge in [-0.15, -0.1) is 0 Å². The first-order valence-electron chi connectivity index (χ1n) is 7.52. The number of para-hydroxylation sites is 1. The van der Waals surface area contributed by atoms with Crippen LogP contribution in [0.15, 0.2) is 47.4 Å². The lowest BCUT2D eigenvalue weighted by Gasteiger charge is -2.08. The fourth-order valence-electron chi connectivity index (χ4n) is 2.29. The Labute approximate surface area is 149 Å². The molecule has 0 aliphatic heterocycles. The molecule has 1 heterocycles. The normalized spacial score (nSPS) is 11.4. The number of sulfone groups is 1. The molecule has 1 N–H and O–H groups in total. The van der Waals surface area contributed by atoms with Crippen LogP contribution in [0.5, 0.6) is 5.75 Å². The fourth-order valence-corrected chi connectivity index (χ4v) is 3.91. The topological polar surface area (TPSA) is 85.4 Å². The zero-order valence-corrected chi connectivity index (χ0v) is 15.3. The van der Waals surface area contributed by atoms with Gasteiger partial charge >= 0.3 is 0 Å². The molecule has 1 amide bonds. The molecule has 0 saturated carbocycles. The van der Waals surface area contributed by atoms with Gasteiger partial charge in [-0.1, -0.05) is 23.5 Å². The van der Waals surface area contributed by atoms with E-state index in [4.69, 9.17) is 4.74 Å². The quantitative estimate of drug-likeness (QED) is 0.738. The summed E-state index contributed by atoms with van der Waals surface area (Å²) in [5, 5.41) is 3.14. The van der Waals surface area contributed by atoms with Crippen molar-refractivity contribution in [1.82, 2.24) is 4.98 Å². The van der Waals surface area contributed by atoms with Crippen LogP contribution in [-0.2, 0) is 9.84 Å². The second kappa shape index (κ2) is 6.81. The molecule has 0 aliphatic rings. The van der Waals surface area contributed by atoms with Gasteiger partial charge < -0.3 is 4.74 Å². The first-order valence-corrected chi connectivity index (χ1v) is 10.2. The summed E-state index contributed by atoms with van der Waals surface area (Å²) in [5.41, 5.74) is 1.05. The minimum Gasteiger partial charge on any atom is -0.493 e. The summed E-state index contributed by atoms with van der Waals surface area (Å²) in [6, 6.07) is 11.7. The summed E-state index contributed by atoms with van der Waals surface area (Å²) in [4.78, 5) is 17.0. The van der Waals surface area contributed by atoms with Crippen LogP contribution in [0, 0.1) is 0 Å². The maximum atomic E-state index is 12.5. The highest BCUT2D eigenvalue weighted by atomic mass is 32.2. The Morgan fingerprint density at radius 2 is 2.00 bits per heavy atom. The molecule has 8 heteroatoms. The number of benzene rings is 2. The lowest BCUT2D eigenvalue weighted by Crippen LogP contribution is -2.13. The fraction of sp³-hybridized carbons (Fsp3) is 0.176. The predicted molar refractivity (Wildman–Crippen MR) is 98.3 cm³/mol. The number of amides is 1. The molecule has 0 aliphatic carbocycles. The molecule has 0 unspecified atom stereocenters. The smallest absolute Gasteiger partial charge is 0.261 e. The van der Waals surface area contributed by atoms with E-state index in [1.165, 1.54) is 17.4 Å². The van der Waals surface area contributed by atoms with Crippen molar-refractivity contribution in [3.05, 3.63) is 48.0 Å². The molecular formula is C17H16N2O4S2. The first-order chi connectivity index (χ1) is 11.9. The monoisotopic (exact) mass is 376 g/mol. The Morgan fingerprint density at radius 3 is 2.72 bits per heavy atom. The van der Waals surface area contributed by atoms with Crippen LogP contribution >= 0.6 is 11.3 Å². The average Bonchev–Trinajstić information content (AvgIpc) is 2.96. The van der Waals surface area contributed by atoms with Crippen molar-refractivity contribution in [3.63, 3.8) is 0 Å². The first kappa shape index (κ1) is 17.4. The summed E-state index contributed by atoms with van der Waals surface area (Å²) in [6.07, 6.45) is 1.16. The highest BCUT2D eigenvalue weighted by molar-refractivity contribution is 7.90. The number of thiazole rings is 1. The molecule has 0 bridgehead atoms. The maximum absolute atomic E-state index is 12.5. The second-order valence-electron chi connectivity index (χ2n) is 5.30. The number of ether oxygens (including phenoxy) is 1. The van der Waals surface area contributed by atoms with E-state index in [0.29, 0.717) is 33.3 Å². The number of nitrogens with one attached hydrogen (secondary N) is 1. The van der Waals surface area contributed by atoms with Gasteiger partial charge in [0, 0.05) is 6.26 Å². The molecule has 3 rings (SSSR count). The van der Waals surface area contributed by atoms with E-state index in [9.17, 15) is 13.2 Å². The van der Waals surface area contributed by atoms with Crippen LogP contribution in [0.3, 0.4) is 0 Å². The summed E-state index contributed by atoms with van der Waals surface area (Å²) < 4.78 is 29.4. The van der Waals surface area contributed by atoms with Crippen LogP contribution in [0.25, 0.3) is 10.2 Å². The third-order valence-corrected chi connectivity index (χ3v) is 5.48. The minimum absolute atomic E-state index is 0.225. The van der Waals surface area contributed by atoms with Crippen molar-refractivity contribution in [2.24, 2.45) is 0 Å². The van der Waals surface area contributed by atoms with Crippen molar-refractivity contribution in [1.29, 1.82) is 0 Å². The van der Waals surface area contributed by atoms with Crippen LogP contribution in [0.2, 0.25) is 0 Å². The molecule has 0 atom stereocenters. The van der Waals surface area contributed by atoms with E-state index in [2.05, 4.69) is 10.3 Å². The Balaban J connectivity index is 1.89. The largest absolute Gasteiger partial charge is 0.493 e. The lowest BCUT2D eigenvalue weighted by atomic mass is 10.2. The molecule has 0 spiro atoms. The van der Waals surface area contributed by atoms with E-state index in [1.54, 1.807) is 36.4 Å². The number of carbonyl (C=O) groups excluding carboxylic acids is 1. The molecule has 1 aromatic heterocycles. The summed E-state index contributed by atoms with van der Waals surface area (Å²) in [6.45, 7) is 2.31. The number of carbonyl (C=O) groups is 1. The van der Waals surface area contributed by atoms with Gasteiger partial charge in [-0.2, -0.15) is 0 Å². The molecule has 25 heavy (non-hydrogen) atoms. The zero-order chi connectivity index (χ0) is 18.0. The SMILES string of the molecule is CCOc1ccccc1C(=O)Nc1nc2ccc(S(C)(=O)=O)cc2s1. The Kier molecular flexibility index (Phi) is 4.73. The minimum atomic E-state index is -3.29. The van der Waals surface area contributed by atoms with E-state index < -0.39 is 9.84 Å². The Hall–Kier alpha value is -2.45. The molecule has 3 aromatic rings. The molecule has 130 valence electrons. The van der Waals surface area contributed by atoms with Crippen LogP contribution in [0.4, 0.5) is 5.13 Å². The third-order valence-electron chi connectivity index (χ3n) is 3.44. The number of aromatic nitrogens is 1. The molecule has 0 saturated heterocycles. The average molecular weight is 376 g/mol. The standard InChI is InChI=1S/C17H16N2O4S2/c1-3-23-14-7-5-4-6-12(14)16(20)19-17-18-13-9-8-11(25(2,21)22)10-15(13)24-17/h4-10H,3H2,1-2H3,(H,18,19,20). The second-order valence-corrected chi connectivity index (χ2v) is 8.35. The van der Waals surface area contributed by atoms with Crippen LogP contribution in [-0.4, -0.2) is 32.2 Å². The van der Waals surface area contributed by atoms with E-state index in [-0.39, 0.29) is 10.8 Å². The Bertz CT molecular complexity index is 1040. The zero-order valence-electron chi connectivity index (χ0n) is 13.6. The van der Waals surface area contributed by atoms with E-state index in [0.717, 1.165) is 6.26 Å². The van der Waals surface area contributed by atoms with Gasteiger partial charge in [0.1, 0.15) is 5.75 Å². The number of hydrogen-bond acceptors (Lipinski definition) is 6. The Morgan fingerprint density at radius 1 is 1.24 bits per heavy atom. The van der Waals surface area contributed by atoms with E-state index in [1.807, 2.05) is 6.92 Å². The summed E-state index contributed by atoms with van der Waals surface area (Å²) in [5.74, 6) is 0.175. The number of hydrogen-bond donors (Lipinski definition) is 1. The molecular weight excluding hydrogens is 360 g/mol. The number of fused-ring (bicyclic) bond motifs is 1. The van der Waals surface area contributed by atoms with Crippen LogP contribution < -0.4 is 10.1 Å². The van der Waals surface area contributed by atoms with Crippen molar-refractivity contribution in [2.45, 2.75) is 11.8 Å². The molecule has 0 radical (unpaired) electrons. The predicted octanol–water partition coefficient (Wildman–Crippen LogP) is 3.35. The van der Waals surface area contributed by atoms with Gasteiger partial charge in [0.25, 0.3) is 5.91 Å². The summed E-state index contributed by atoms with van der Waals surface area (Å²) >= 11 is 1.22. The highest BCUT2D eigenvalue weighted by Crippen LogP contribution is 2.29. The van der Waals surface area contributed by atoms with Crippen molar-refractivity contribution < 1.29 is 17.9 Å². The van der Waals surface area contributed by atoms with Gasteiger partial charge in [-0.25, -0.2) is 13.4 Å². The number of nitrogens with zero attached hydrogens (tertiary/aromatic N) is 1. The van der Waals surface area contributed by atoms with Crippen LogP contribution in [0.1, 0.15) is 17.3 Å². The summed E-state index contributed by atoms with van der Waals surface area (Å²) in [7, 11) is -3.29. The number of rotatable bonds is 5. The van der Waals surface area contributed by atoms with Gasteiger partial charge in [-0.05, 0) is 37.3 Å². The molecule has 2 aromatic carbocycles. The van der Waals surface area contributed by atoms with Crippen molar-refractivity contribution in [3.8, 4) is 5.75 Å². The molecule has 0 fully saturated rings. The van der Waals surface area contributed by atoms with Gasteiger partial charge in [0.15, 0.2) is 15.0 Å². The van der Waals surface area contributed by atoms with Gasteiger partial charge in [-0.3, -0.25) is 10.1 Å². The lowest BCUT2D eigenvalue weighted by molar-refractivity contribution is 0.102. The van der Waals surface area contributed by atoms with Crippen molar-refractivity contribution in [2.75, 3.05) is 18.2 Å².